The van der Waals surface area contributed by atoms with E-state index >= 15 is 0 Å². The largest absolute Gasteiger partial charge is 0.426 e. The minimum Gasteiger partial charge on any atom is -0.373 e. The Kier molecular flexibility index (Phi) is 3.74. The Morgan fingerprint density at radius 1 is 0.682 bits per heavy atom. The fourth-order valence-electron chi connectivity index (χ4n) is 5.56. The predicted molar refractivity (Wildman–Crippen MR) is 66.8 cm³/mol. The molecule has 5 atom stereocenters. The first-order valence-corrected chi connectivity index (χ1v) is 7.93. The lowest BCUT2D eigenvalue weighted by molar-refractivity contribution is -0.394. The zero-order chi connectivity index (χ0) is 16.3. The van der Waals surface area contributed by atoms with Gasteiger partial charge in [0.05, 0.1) is 0 Å². The average molecular weight is 330 g/mol. The molecule has 0 spiro atoms. The Hall–Kier alpha value is -0.460. The SMILES string of the molecule is OC(C1CCC2CCC3CCCC1C32)(C(F)(F)F)C(F)(F)F. The molecule has 0 heterocycles. The van der Waals surface area contributed by atoms with Crippen molar-refractivity contribution in [1.82, 2.24) is 0 Å². The second-order valence-electron chi connectivity index (χ2n) is 7.22. The highest BCUT2D eigenvalue weighted by molar-refractivity contribution is 5.08. The van der Waals surface area contributed by atoms with Crippen LogP contribution in [0.1, 0.15) is 44.9 Å². The van der Waals surface area contributed by atoms with E-state index in [2.05, 4.69) is 0 Å². The normalized spacial score (nSPS) is 39.7. The van der Waals surface area contributed by atoms with Gasteiger partial charge in [0, 0.05) is 5.92 Å². The second kappa shape index (κ2) is 5.02. The summed E-state index contributed by atoms with van der Waals surface area (Å²) in [5.41, 5.74) is -4.57. The summed E-state index contributed by atoms with van der Waals surface area (Å²) in [4.78, 5) is 0. The van der Waals surface area contributed by atoms with Gasteiger partial charge in [-0.05, 0) is 55.8 Å². The average Bonchev–Trinajstić information content (AvgIpc) is 2.81. The van der Waals surface area contributed by atoms with Crippen molar-refractivity contribution < 1.29 is 31.4 Å². The summed E-state index contributed by atoms with van der Waals surface area (Å²) in [5.74, 6) is -1.99. The number of rotatable bonds is 1. The van der Waals surface area contributed by atoms with E-state index in [9.17, 15) is 31.4 Å². The minimum absolute atomic E-state index is 0.0660. The van der Waals surface area contributed by atoms with Crippen LogP contribution in [-0.4, -0.2) is 23.1 Å². The van der Waals surface area contributed by atoms with Crippen molar-refractivity contribution in [2.45, 2.75) is 62.9 Å². The minimum atomic E-state index is -5.69. The van der Waals surface area contributed by atoms with Crippen molar-refractivity contribution in [3.63, 3.8) is 0 Å². The van der Waals surface area contributed by atoms with Gasteiger partial charge in [-0.1, -0.05) is 12.8 Å². The molecule has 3 saturated carbocycles. The molecule has 0 amide bonds. The molecule has 3 fully saturated rings. The molecule has 5 unspecified atom stereocenters. The summed E-state index contributed by atoms with van der Waals surface area (Å²) >= 11 is 0. The zero-order valence-electron chi connectivity index (χ0n) is 12.1. The van der Waals surface area contributed by atoms with E-state index in [0.29, 0.717) is 19.3 Å². The highest BCUT2D eigenvalue weighted by atomic mass is 19.4. The molecule has 22 heavy (non-hydrogen) atoms. The Morgan fingerprint density at radius 2 is 1.18 bits per heavy atom. The van der Waals surface area contributed by atoms with Crippen molar-refractivity contribution in [3.8, 4) is 0 Å². The molecule has 3 aliphatic rings. The molecule has 0 aliphatic heterocycles. The molecule has 1 nitrogen and oxygen atoms in total. The van der Waals surface area contributed by atoms with Gasteiger partial charge in [0.15, 0.2) is 0 Å². The van der Waals surface area contributed by atoms with Crippen LogP contribution in [0.25, 0.3) is 0 Å². The second-order valence-corrected chi connectivity index (χ2v) is 7.22. The van der Waals surface area contributed by atoms with Gasteiger partial charge < -0.3 is 5.11 Å². The molecule has 128 valence electrons. The summed E-state index contributed by atoms with van der Waals surface area (Å²) in [7, 11) is 0. The maximum atomic E-state index is 13.2. The Morgan fingerprint density at radius 3 is 1.73 bits per heavy atom. The third-order valence-corrected chi connectivity index (χ3v) is 6.37. The Labute approximate surface area is 125 Å². The van der Waals surface area contributed by atoms with Crippen LogP contribution in [0.3, 0.4) is 0 Å². The summed E-state index contributed by atoms with van der Waals surface area (Å²) in [6.45, 7) is 0. The van der Waals surface area contributed by atoms with E-state index in [0.717, 1.165) is 19.3 Å². The van der Waals surface area contributed by atoms with Gasteiger partial charge in [0.1, 0.15) is 0 Å². The predicted octanol–water partition coefficient (Wildman–Crippen LogP) is 4.69. The van der Waals surface area contributed by atoms with Crippen LogP contribution in [0.4, 0.5) is 26.3 Å². The molecule has 0 saturated heterocycles. The van der Waals surface area contributed by atoms with Gasteiger partial charge in [-0.2, -0.15) is 26.3 Å². The quantitative estimate of drug-likeness (QED) is 0.691. The zero-order valence-corrected chi connectivity index (χ0v) is 12.1. The van der Waals surface area contributed by atoms with E-state index in [-0.39, 0.29) is 24.2 Å². The fraction of sp³-hybridized carbons (Fsp3) is 1.00. The van der Waals surface area contributed by atoms with Crippen molar-refractivity contribution in [2.75, 3.05) is 0 Å². The van der Waals surface area contributed by atoms with E-state index in [1.807, 2.05) is 0 Å². The number of alkyl halides is 6. The van der Waals surface area contributed by atoms with E-state index in [1.165, 1.54) is 0 Å². The van der Waals surface area contributed by atoms with Crippen LogP contribution in [0.15, 0.2) is 0 Å². The molecule has 0 aromatic rings. The van der Waals surface area contributed by atoms with Crippen LogP contribution in [-0.2, 0) is 0 Å². The number of hydrogen-bond acceptors (Lipinski definition) is 1. The van der Waals surface area contributed by atoms with Gasteiger partial charge >= 0.3 is 12.4 Å². The first-order chi connectivity index (χ1) is 10.1. The van der Waals surface area contributed by atoms with Crippen molar-refractivity contribution in [1.29, 1.82) is 0 Å². The molecule has 3 rings (SSSR count). The standard InChI is InChI=1S/C15H20F6O/c16-14(17,18)13(22,15(19,20)21)11-7-6-9-5-4-8-2-1-3-10(11)12(8)9/h8-12,22H,1-7H2. The third kappa shape index (κ3) is 2.18. The lowest BCUT2D eigenvalue weighted by Crippen LogP contribution is -2.65. The number of hydrogen-bond donors (Lipinski definition) is 1. The highest BCUT2D eigenvalue weighted by Gasteiger charge is 2.75. The molecule has 1 N–H and O–H groups in total. The first-order valence-electron chi connectivity index (χ1n) is 7.93. The Bertz CT molecular complexity index is 409. The molecule has 0 radical (unpaired) electrons. The summed E-state index contributed by atoms with van der Waals surface area (Å²) in [6, 6.07) is 0. The molecule has 0 aromatic heterocycles. The van der Waals surface area contributed by atoms with E-state index in [1.54, 1.807) is 0 Å². The van der Waals surface area contributed by atoms with Crippen LogP contribution in [0, 0.1) is 29.6 Å². The van der Waals surface area contributed by atoms with Gasteiger partial charge in [0.25, 0.3) is 5.60 Å². The smallest absolute Gasteiger partial charge is 0.373 e. The summed E-state index contributed by atoms with van der Waals surface area (Å²) in [5, 5.41) is 9.79. The molecule has 7 heteroatoms. The first kappa shape index (κ1) is 16.4. The third-order valence-electron chi connectivity index (χ3n) is 6.37. The van der Waals surface area contributed by atoms with Crippen LogP contribution >= 0.6 is 0 Å². The van der Waals surface area contributed by atoms with E-state index in [4.69, 9.17) is 0 Å². The monoisotopic (exact) mass is 330 g/mol. The summed E-state index contributed by atoms with van der Waals surface area (Å²) in [6.07, 6.45) is -7.42. The maximum Gasteiger partial charge on any atom is 0.426 e. The van der Waals surface area contributed by atoms with Gasteiger partial charge in [-0.25, -0.2) is 0 Å². The molecular formula is C15H20F6O. The van der Waals surface area contributed by atoms with Gasteiger partial charge in [0.2, 0.25) is 0 Å². The topological polar surface area (TPSA) is 20.2 Å². The van der Waals surface area contributed by atoms with Crippen LogP contribution in [0.5, 0.6) is 0 Å². The van der Waals surface area contributed by atoms with Crippen molar-refractivity contribution in [3.05, 3.63) is 0 Å². The van der Waals surface area contributed by atoms with Crippen molar-refractivity contribution >= 4 is 0 Å². The Balaban J connectivity index is 1.98. The fourth-order valence-corrected chi connectivity index (χ4v) is 5.56. The molecule has 0 aromatic carbocycles. The summed E-state index contributed by atoms with van der Waals surface area (Å²) < 4.78 is 79.1. The van der Waals surface area contributed by atoms with Gasteiger partial charge in [-0.3, -0.25) is 0 Å². The maximum absolute atomic E-state index is 13.2. The number of halogens is 6. The lowest BCUT2D eigenvalue weighted by atomic mass is 9.56. The molecular weight excluding hydrogens is 310 g/mol. The highest BCUT2D eigenvalue weighted by Crippen LogP contribution is 2.62. The molecule has 3 aliphatic carbocycles. The van der Waals surface area contributed by atoms with Crippen LogP contribution in [0.2, 0.25) is 0 Å². The van der Waals surface area contributed by atoms with Crippen LogP contribution < -0.4 is 0 Å². The lowest BCUT2D eigenvalue weighted by Gasteiger charge is -2.51. The van der Waals surface area contributed by atoms with E-state index < -0.39 is 29.8 Å². The molecule has 0 bridgehead atoms. The number of aliphatic hydroxyl groups is 1. The van der Waals surface area contributed by atoms with Crippen molar-refractivity contribution in [2.24, 2.45) is 29.6 Å². The van der Waals surface area contributed by atoms with Gasteiger partial charge in [-0.15, -0.1) is 0 Å².